The molecule has 0 atom stereocenters. The Morgan fingerprint density at radius 2 is 1.95 bits per heavy atom. The van der Waals surface area contributed by atoms with Gasteiger partial charge in [0.2, 0.25) is 10.0 Å². The number of carboxylic acids is 1. The number of nitrogens with one attached hydrogen (secondary N) is 1. The van der Waals surface area contributed by atoms with E-state index >= 15 is 0 Å². The third-order valence-electron chi connectivity index (χ3n) is 2.70. The van der Waals surface area contributed by atoms with E-state index in [1.165, 1.54) is 0 Å². The molecule has 0 saturated carbocycles. The third-order valence-corrected chi connectivity index (χ3v) is 4.17. The van der Waals surface area contributed by atoms with E-state index in [0.29, 0.717) is 13.0 Å². The number of sulfonamides is 1. The summed E-state index contributed by atoms with van der Waals surface area (Å²) in [6.45, 7) is 0.293. The molecular weight excluding hydrogens is 282 g/mol. The highest BCUT2D eigenvalue weighted by Crippen LogP contribution is 2.11. The molecule has 0 amide bonds. The number of aliphatic carboxylic acids is 1. The van der Waals surface area contributed by atoms with Crippen LogP contribution in [0.3, 0.4) is 0 Å². The zero-order valence-electron chi connectivity index (χ0n) is 11.3. The van der Waals surface area contributed by atoms with Crippen molar-refractivity contribution in [1.29, 1.82) is 0 Å². The maximum Gasteiger partial charge on any atom is 0.303 e. The second-order valence-electron chi connectivity index (χ2n) is 4.31. The summed E-state index contributed by atoms with van der Waals surface area (Å²) in [6, 6.07) is 7.38. The first-order valence-corrected chi connectivity index (χ1v) is 7.90. The van der Waals surface area contributed by atoms with E-state index in [1.54, 1.807) is 7.11 Å². The molecule has 0 fully saturated rings. The van der Waals surface area contributed by atoms with Gasteiger partial charge in [-0.2, -0.15) is 0 Å². The zero-order valence-corrected chi connectivity index (χ0v) is 12.1. The SMILES string of the molecule is COc1ccc(CCNS(=O)(=O)CCCC(=O)O)cc1. The fourth-order valence-electron chi connectivity index (χ4n) is 1.63. The molecule has 0 saturated heterocycles. The van der Waals surface area contributed by atoms with Crippen LogP contribution in [-0.4, -0.2) is 38.9 Å². The minimum atomic E-state index is -3.40. The molecule has 20 heavy (non-hydrogen) atoms. The van der Waals surface area contributed by atoms with E-state index in [2.05, 4.69) is 4.72 Å². The summed E-state index contributed by atoms with van der Waals surface area (Å²) in [5, 5.41) is 8.45. The van der Waals surface area contributed by atoms with Gasteiger partial charge < -0.3 is 9.84 Å². The first kappa shape index (κ1) is 16.5. The van der Waals surface area contributed by atoms with Crippen molar-refractivity contribution in [3.05, 3.63) is 29.8 Å². The summed E-state index contributed by atoms with van der Waals surface area (Å²) >= 11 is 0. The van der Waals surface area contributed by atoms with Crippen LogP contribution in [0, 0.1) is 0 Å². The Morgan fingerprint density at radius 3 is 2.50 bits per heavy atom. The Balaban J connectivity index is 2.33. The summed E-state index contributed by atoms with van der Waals surface area (Å²) < 4.78 is 30.6. The lowest BCUT2D eigenvalue weighted by atomic mass is 10.1. The van der Waals surface area contributed by atoms with E-state index in [0.717, 1.165) is 11.3 Å². The Labute approximate surface area is 118 Å². The lowest BCUT2D eigenvalue weighted by Gasteiger charge is -2.06. The van der Waals surface area contributed by atoms with Crippen molar-refractivity contribution in [2.24, 2.45) is 0 Å². The number of benzene rings is 1. The molecule has 7 heteroatoms. The largest absolute Gasteiger partial charge is 0.497 e. The molecule has 0 bridgehead atoms. The van der Waals surface area contributed by atoms with E-state index in [1.807, 2.05) is 24.3 Å². The highest BCUT2D eigenvalue weighted by molar-refractivity contribution is 7.89. The van der Waals surface area contributed by atoms with Gasteiger partial charge in [0.05, 0.1) is 12.9 Å². The molecule has 1 rings (SSSR count). The quantitative estimate of drug-likeness (QED) is 0.710. The van der Waals surface area contributed by atoms with Gasteiger partial charge >= 0.3 is 5.97 Å². The first-order valence-electron chi connectivity index (χ1n) is 6.25. The Hall–Kier alpha value is -1.60. The normalized spacial score (nSPS) is 11.2. The Bertz CT molecular complexity index is 524. The van der Waals surface area contributed by atoms with Gasteiger partial charge in [-0.25, -0.2) is 13.1 Å². The third kappa shape index (κ3) is 6.53. The average Bonchev–Trinajstić information content (AvgIpc) is 2.38. The van der Waals surface area contributed by atoms with Gasteiger partial charge in [-0.1, -0.05) is 12.1 Å². The number of ether oxygens (including phenoxy) is 1. The summed E-state index contributed by atoms with van der Waals surface area (Å²) in [6.07, 6.45) is 0.550. The van der Waals surface area contributed by atoms with E-state index in [9.17, 15) is 13.2 Å². The minimum absolute atomic E-state index is 0.118. The van der Waals surface area contributed by atoms with Crippen molar-refractivity contribution in [1.82, 2.24) is 4.72 Å². The first-order chi connectivity index (χ1) is 9.43. The predicted molar refractivity (Wildman–Crippen MR) is 75.4 cm³/mol. The van der Waals surface area contributed by atoms with Crippen LogP contribution in [0.4, 0.5) is 0 Å². The minimum Gasteiger partial charge on any atom is -0.497 e. The molecule has 0 aromatic heterocycles. The van der Waals surface area contributed by atoms with Gasteiger partial charge in [-0.05, 0) is 30.5 Å². The van der Waals surface area contributed by atoms with Crippen LogP contribution in [0.1, 0.15) is 18.4 Å². The van der Waals surface area contributed by atoms with Crippen LogP contribution in [0.2, 0.25) is 0 Å². The van der Waals surface area contributed by atoms with Crippen molar-refractivity contribution >= 4 is 16.0 Å². The zero-order chi connectivity index (χ0) is 15.0. The number of hydrogen-bond donors (Lipinski definition) is 2. The molecule has 0 heterocycles. The number of carboxylic acid groups (broad SMARTS) is 1. The van der Waals surface area contributed by atoms with E-state index < -0.39 is 16.0 Å². The fraction of sp³-hybridized carbons (Fsp3) is 0.462. The monoisotopic (exact) mass is 301 g/mol. The average molecular weight is 301 g/mol. The van der Waals surface area contributed by atoms with Crippen LogP contribution in [-0.2, 0) is 21.2 Å². The molecule has 0 unspecified atom stereocenters. The molecule has 112 valence electrons. The second kappa shape index (κ2) is 7.86. The maximum atomic E-state index is 11.6. The van der Waals surface area contributed by atoms with E-state index in [-0.39, 0.29) is 18.6 Å². The van der Waals surface area contributed by atoms with Gasteiger partial charge in [0.1, 0.15) is 5.75 Å². The molecule has 0 aliphatic heterocycles. The Morgan fingerprint density at radius 1 is 1.30 bits per heavy atom. The molecular formula is C13H19NO5S. The maximum absolute atomic E-state index is 11.6. The van der Waals surface area contributed by atoms with Gasteiger partial charge in [0.15, 0.2) is 0 Å². The lowest BCUT2D eigenvalue weighted by molar-refractivity contribution is -0.137. The summed E-state index contributed by atoms with van der Waals surface area (Å²) in [4.78, 5) is 10.3. The molecule has 0 radical (unpaired) electrons. The van der Waals surface area contributed by atoms with Crippen molar-refractivity contribution in [2.75, 3.05) is 19.4 Å². The van der Waals surface area contributed by atoms with Crippen LogP contribution < -0.4 is 9.46 Å². The van der Waals surface area contributed by atoms with Crippen LogP contribution in [0.15, 0.2) is 24.3 Å². The van der Waals surface area contributed by atoms with Crippen molar-refractivity contribution in [2.45, 2.75) is 19.3 Å². The van der Waals surface area contributed by atoms with Crippen LogP contribution >= 0.6 is 0 Å². The lowest BCUT2D eigenvalue weighted by Crippen LogP contribution is -2.28. The molecule has 6 nitrogen and oxygen atoms in total. The van der Waals surface area contributed by atoms with Gasteiger partial charge in [0, 0.05) is 13.0 Å². The van der Waals surface area contributed by atoms with Crippen molar-refractivity contribution in [3.63, 3.8) is 0 Å². The number of rotatable bonds is 9. The standard InChI is InChI=1S/C13H19NO5S/c1-19-12-6-4-11(5-7-12)8-9-14-20(17,18)10-2-3-13(15)16/h4-7,14H,2-3,8-10H2,1H3,(H,15,16). The highest BCUT2D eigenvalue weighted by atomic mass is 32.2. The van der Waals surface area contributed by atoms with E-state index in [4.69, 9.17) is 9.84 Å². The molecule has 0 aliphatic carbocycles. The second-order valence-corrected chi connectivity index (χ2v) is 6.23. The number of hydrogen-bond acceptors (Lipinski definition) is 4. The number of methoxy groups -OCH3 is 1. The summed E-state index contributed by atoms with van der Waals surface area (Å²) in [5.74, 6) is -0.400. The predicted octanol–water partition coefficient (Wildman–Crippen LogP) is 1.02. The van der Waals surface area contributed by atoms with Crippen molar-refractivity contribution in [3.8, 4) is 5.75 Å². The molecule has 0 spiro atoms. The topological polar surface area (TPSA) is 92.7 Å². The van der Waals surface area contributed by atoms with Gasteiger partial charge in [-0.15, -0.1) is 0 Å². The summed E-state index contributed by atoms with van der Waals surface area (Å²) in [7, 11) is -1.81. The van der Waals surface area contributed by atoms with Gasteiger partial charge in [-0.3, -0.25) is 4.79 Å². The van der Waals surface area contributed by atoms with Crippen molar-refractivity contribution < 1.29 is 23.1 Å². The smallest absolute Gasteiger partial charge is 0.303 e. The van der Waals surface area contributed by atoms with Gasteiger partial charge in [0.25, 0.3) is 0 Å². The number of carbonyl (C=O) groups is 1. The molecule has 0 aliphatic rings. The van der Waals surface area contributed by atoms with Crippen LogP contribution in [0.25, 0.3) is 0 Å². The Kier molecular flexibility index (Phi) is 6.47. The fourth-order valence-corrected chi connectivity index (χ4v) is 2.71. The molecule has 1 aromatic rings. The molecule has 2 N–H and O–H groups in total. The highest BCUT2D eigenvalue weighted by Gasteiger charge is 2.10. The summed E-state index contributed by atoms with van der Waals surface area (Å²) in [5.41, 5.74) is 0.999. The van der Waals surface area contributed by atoms with Crippen LogP contribution in [0.5, 0.6) is 5.75 Å². The molecule has 1 aromatic carbocycles.